The summed E-state index contributed by atoms with van der Waals surface area (Å²) in [6.45, 7) is 2.63. The molecule has 0 fully saturated rings. The molecule has 0 heterocycles. The van der Waals surface area contributed by atoms with Crippen molar-refractivity contribution in [3.05, 3.63) is 23.8 Å². The van der Waals surface area contributed by atoms with E-state index in [1.165, 1.54) is 0 Å². The molecule has 18 heavy (non-hydrogen) atoms. The summed E-state index contributed by atoms with van der Waals surface area (Å²) >= 11 is 0. The summed E-state index contributed by atoms with van der Waals surface area (Å²) in [4.78, 5) is 10.8. The molecule has 0 aliphatic heterocycles. The summed E-state index contributed by atoms with van der Waals surface area (Å²) < 4.78 is 15.9. The van der Waals surface area contributed by atoms with Gasteiger partial charge in [-0.25, -0.2) is 0 Å². The van der Waals surface area contributed by atoms with Crippen LogP contribution in [0.2, 0.25) is 0 Å². The molecule has 0 aliphatic rings. The average Bonchev–Trinajstić information content (AvgIpc) is 2.36. The van der Waals surface area contributed by atoms with Gasteiger partial charge in [0.1, 0.15) is 17.3 Å². The number of ether oxygens (including phenoxy) is 3. The molecule has 100 valence electrons. The molecule has 1 rings (SSSR count). The lowest BCUT2D eigenvalue weighted by molar-refractivity contribution is -0.117. The van der Waals surface area contributed by atoms with E-state index in [1.54, 1.807) is 21.1 Å². The fraction of sp³-hybridized carbons (Fsp3) is 0.500. The molecule has 1 aromatic rings. The van der Waals surface area contributed by atoms with Crippen LogP contribution < -0.4 is 9.47 Å². The monoisotopic (exact) mass is 252 g/mol. The van der Waals surface area contributed by atoms with Gasteiger partial charge in [0.25, 0.3) is 0 Å². The minimum absolute atomic E-state index is 0.187. The third kappa shape index (κ3) is 4.75. The van der Waals surface area contributed by atoms with Gasteiger partial charge in [0, 0.05) is 25.2 Å². The Kier molecular flexibility index (Phi) is 6.22. The van der Waals surface area contributed by atoms with E-state index in [0.29, 0.717) is 19.6 Å². The van der Waals surface area contributed by atoms with E-state index in [4.69, 9.17) is 14.2 Å². The van der Waals surface area contributed by atoms with Crippen molar-refractivity contribution in [2.45, 2.75) is 26.4 Å². The van der Waals surface area contributed by atoms with Crippen molar-refractivity contribution in [3.8, 4) is 11.5 Å². The maximum absolute atomic E-state index is 10.8. The first-order chi connectivity index (χ1) is 8.67. The Bertz CT molecular complexity index is 387. The van der Waals surface area contributed by atoms with Crippen molar-refractivity contribution in [2.24, 2.45) is 0 Å². The highest BCUT2D eigenvalue weighted by Gasteiger charge is 2.05. The minimum Gasteiger partial charge on any atom is -0.496 e. The van der Waals surface area contributed by atoms with Crippen molar-refractivity contribution < 1.29 is 19.0 Å². The first kappa shape index (κ1) is 14.5. The van der Waals surface area contributed by atoms with E-state index < -0.39 is 0 Å². The Morgan fingerprint density at radius 3 is 2.67 bits per heavy atom. The predicted molar refractivity (Wildman–Crippen MR) is 69.1 cm³/mol. The molecule has 0 aromatic heterocycles. The summed E-state index contributed by atoms with van der Waals surface area (Å²) in [6, 6.07) is 5.63. The van der Waals surface area contributed by atoms with Gasteiger partial charge < -0.3 is 19.0 Å². The SMILES string of the molecule is COCc1ccc(OCCCC(C)=O)cc1OC. The molecule has 0 saturated heterocycles. The zero-order valence-electron chi connectivity index (χ0n) is 11.2. The Morgan fingerprint density at radius 1 is 1.28 bits per heavy atom. The van der Waals surface area contributed by atoms with Crippen molar-refractivity contribution in [1.82, 2.24) is 0 Å². The first-order valence-corrected chi connectivity index (χ1v) is 5.95. The summed E-state index contributed by atoms with van der Waals surface area (Å²) in [5.41, 5.74) is 0.982. The van der Waals surface area contributed by atoms with Gasteiger partial charge in [-0.2, -0.15) is 0 Å². The highest BCUT2D eigenvalue weighted by atomic mass is 16.5. The number of ketones is 1. The molecule has 1 aromatic carbocycles. The molecule has 0 radical (unpaired) electrons. The topological polar surface area (TPSA) is 44.8 Å². The second-order valence-electron chi connectivity index (χ2n) is 4.06. The number of rotatable bonds is 8. The normalized spacial score (nSPS) is 10.2. The van der Waals surface area contributed by atoms with Crippen LogP contribution in [0.4, 0.5) is 0 Å². The van der Waals surface area contributed by atoms with Gasteiger partial charge in [0.05, 0.1) is 20.3 Å². The largest absolute Gasteiger partial charge is 0.496 e. The Morgan fingerprint density at radius 2 is 2.06 bits per heavy atom. The lowest BCUT2D eigenvalue weighted by Gasteiger charge is -2.11. The molecule has 0 atom stereocenters. The highest BCUT2D eigenvalue weighted by molar-refractivity contribution is 5.75. The molecule has 0 bridgehead atoms. The van der Waals surface area contributed by atoms with Gasteiger partial charge >= 0.3 is 0 Å². The Hall–Kier alpha value is -1.55. The molecule has 0 N–H and O–H groups in total. The molecule has 4 nitrogen and oxygen atoms in total. The fourth-order valence-corrected chi connectivity index (χ4v) is 1.60. The molecule has 0 unspecified atom stereocenters. The summed E-state index contributed by atoms with van der Waals surface area (Å²) in [5.74, 6) is 1.68. The Balaban J connectivity index is 2.53. The zero-order valence-corrected chi connectivity index (χ0v) is 11.2. The summed E-state index contributed by atoms with van der Waals surface area (Å²) in [6.07, 6.45) is 1.29. The van der Waals surface area contributed by atoms with E-state index in [1.807, 2.05) is 18.2 Å². The van der Waals surface area contributed by atoms with Gasteiger partial charge in [-0.1, -0.05) is 0 Å². The van der Waals surface area contributed by atoms with Crippen LogP contribution in [0.5, 0.6) is 11.5 Å². The third-order valence-electron chi connectivity index (χ3n) is 2.50. The van der Waals surface area contributed by atoms with Gasteiger partial charge in [0.2, 0.25) is 0 Å². The second kappa shape index (κ2) is 7.71. The lowest BCUT2D eigenvalue weighted by atomic mass is 10.2. The number of hydrogen-bond donors (Lipinski definition) is 0. The lowest BCUT2D eigenvalue weighted by Crippen LogP contribution is -2.01. The first-order valence-electron chi connectivity index (χ1n) is 5.95. The van der Waals surface area contributed by atoms with E-state index >= 15 is 0 Å². The number of hydrogen-bond acceptors (Lipinski definition) is 4. The van der Waals surface area contributed by atoms with Crippen molar-refractivity contribution in [1.29, 1.82) is 0 Å². The molecular weight excluding hydrogens is 232 g/mol. The van der Waals surface area contributed by atoms with Crippen LogP contribution in [0.1, 0.15) is 25.3 Å². The van der Waals surface area contributed by atoms with Gasteiger partial charge in [-0.15, -0.1) is 0 Å². The van der Waals surface area contributed by atoms with Gasteiger partial charge in [0.15, 0.2) is 0 Å². The predicted octanol–water partition coefficient (Wildman–Crippen LogP) is 2.59. The molecule has 0 saturated carbocycles. The van der Waals surface area contributed by atoms with Crippen LogP contribution in [0, 0.1) is 0 Å². The van der Waals surface area contributed by atoms with E-state index in [-0.39, 0.29) is 5.78 Å². The summed E-state index contributed by atoms with van der Waals surface area (Å²) in [5, 5.41) is 0. The number of benzene rings is 1. The average molecular weight is 252 g/mol. The third-order valence-corrected chi connectivity index (χ3v) is 2.50. The quantitative estimate of drug-likeness (QED) is 0.667. The standard InChI is InChI=1S/C14H20O4/c1-11(15)5-4-8-18-13-7-6-12(10-16-2)14(9-13)17-3/h6-7,9H,4-5,8,10H2,1-3H3. The Labute approximate surface area is 108 Å². The van der Waals surface area contributed by atoms with Crippen LogP contribution in [0.3, 0.4) is 0 Å². The van der Waals surface area contributed by atoms with Crippen LogP contribution in [-0.2, 0) is 16.1 Å². The van der Waals surface area contributed by atoms with Crippen molar-refractivity contribution >= 4 is 5.78 Å². The molecule has 4 heteroatoms. The number of carbonyl (C=O) groups excluding carboxylic acids is 1. The molecule has 0 aliphatic carbocycles. The van der Waals surface area contributed by atoms with Crippen LogP contribution in [-0.4, -0.2) is 26.6 Å². The van der Waals surface area contributed by atoms with Crippen molar-refractivity contribution in [2.75, 3.05) is 20.8 Å². The summed E-state index contributed by atoms with van der Waals surface area (Å²) in [7, 11) is 3.26. The van der Waals surface area contributed by atoms with Gasteiger partial charge in [-0.3, -0.25) is 0 Å². The smallest absolute Gasteiger partial charge is 0.129 e. The number of Topliss-reactive ketones (excluding diaryl/α,β-unsaturated/α-hetero) is 1. The zero-order chi connectivity index (χ0) is 13.4. The minimum atomic E-state index is 0.187. The van der Waals surface area contributed by atoms with E-state index in [0.717, 1.165) is 23.5 Å². The van der Waals surface area contributed by atoms with E-state index in [9.17, 15) is 4.79 Å². The van der Waals surface area contributed by atoms with Crippen LogP contribution >= 0.6 is 0 Å². The fourth-order valence-electron chi connectivity index (χ4n) is 1.60. The molecular formula is C14H20O4. The van der Waals surface area contributed by atoms with Crippen LogP contribution in [0.15, 0.2) is 18.2 Å². The van der Waals surface area contributed by atoms with Crippen LogP contribution in [0.25, 0.3) is 0 Å². The second-order valence-corrected chi connectivity index (χ2v) is 4.06. The highest BCUT2D eigenvalue weighted by Crippen LogP contribution is 2.25. The van der Waals surface area contributed by atoms with Gasteiger partial charge in [-0.05, 0) is 25.5 Å². The number of methoxy groups -OCH3 is 2. The van der Waals surface area contributed by atoms with E-state index in [2.05, 4.69) is 0 Å². The van der Waals surface area contributed by atoms with Crippen molar-refractivity contribution in [3.63, 3.8) is 0 Å². The molecule has 0 spiro atoms. The molecule has 0 amide bonds. The maximum Gasteiger partial charge on any atom is 0.129 e. The maximum atomic E-state index is 10.8. The number of carbonyl (C=O) groups is 1.